The highest BCUT2D eigenvalue weighted by Gasteiger charge is 2.44. The Balaban J connectivity index is 1.28. The van der Waals surface area contributed by atoms with Gasteiger partial charge in [0.15, 0.2) is 5.69 Å². The Labute approximate surface area is 194 Å². The molecule has 12 heteroatoms. The van der Waals surface area contributed by atoms with Crippen molar-refractivity contribution < 1.29 is 35.6 Å². The number of hydrogen-bond acceptors (Lipinski definition) is 6. The Morgan fingerprint density at radius 2 is 1.74 bits per heavy atom. The molecular weight excluding hydrogens is 475 g/mol. The minimum Gasteiger partial charge on any atom is -0.406 e. The van der Waals surface area contributed by atoms with Crippen molar-refractivity contribution in [1.29, 1.82) is 0 Å². The summed E-state index contributed by atoms with van der Waals surface area (Å²) in [7, 11) is -4.05. The maximum absolute atomic E-state index is 13.4. The van der Waals surface area contributed by atoms with Crippen LogP contribution in [0.3, 0.4) is 0 Å². The third kappa shape index (κ3) is 4.92. The quantitative estimate of drug-likeness (QED) is 0.574. The number of ether oxygens (including phenoxy) is 1. The molecule has 34 heavy (non-hydrogen) atoms. The van der Waals surface area contributed by atoms with Gasteiger partial charge < -0.3 is 14.2 Å². The van der Waals surface area contributed by atoms with Gasteiger partial charge in [0, 0.05) is 43.2 Å². The van der Waals surface area contributed by atoms with Crippen LogP contribution >= 0.6 is 0 Å². The van der Waals surface area contributed by atoms with Gasteiger partial charge in [0.25, 0.3) is 5.91 Å². The number of benzene rings is 1. The van der Waals surface area contributed by atoms with Gasteiger partial charge in [-0.3, -0.25) is 4.79 Å². The van der Waals surface area contributed by atoms with Gasteiger partial charge in [-0.2, -0.15) is 4.31 Å². The summed E-state index contributed by atoms with van der Waals surface area (Å²) in [4.78, 5) is 14.2. The van der Waals surface area contributed by atoms with Crippen molar-refractivity contribution in [3.63, 3.8) is 0 Å². The van der Waals surface area contributed by atoms with Crippen LogP contribution < -0.4 is 4.74 Å². The maximum atomic E-state index is 13.4. The van der Waals surface area contributed by atoms with Gasteiger partial charge in [0.1, 0.15) is 11.5 Å². The summed E-state index contributed by atoms with van der Waals surface area (Å²) in [6.45, 7) is 0.705. The van der Waals surface area contributed by atoms with Crippen molar-refractivity contribution in [1.82, 2.24) is 14.4 Å². The first-order valence-electron chi connectivity index (χ1n) is 11.3. The van der Waals surface area contributed by atoms with Crippen molar-refractivity contribution in [2.45, 2.75) is 67.8 Å². The predicted octanol–water partition coefficient (Wildman–Crippen LogP) is 3.91. The fraction of sp³-hybridized carbons (Fsp3) is 0.545. The number of aromatic nitrogens is 1. The highest BCUT2D eigenvalue weighted by Crippen LogP contribution is 2.41. The molecule has 3 fully saturated rings. The van der Waals surface area contributed by atoms with Crippen LogP contribution in [-0.2, 0) is 10.0 Å². The Morgan fingerprint density at radius 3 is 2.35 bits per heavy atom. The molecule has 8 nitrogen and oxygen atoms in total. The summed E-state index contributed by atoms with van der Waals surface area (Å²) in [5.41, 5.74) is 0.258. The summed E-state index contributed by atoms with van der Waals surface area (Å²) in [6.07, 6.45) is -0.613. The van der Waals surface area contributed by atoms with Crippen LogP contribution in [0.5, 0.6) is 5.75 Å². The first-order valence-corrected chi connectivity index (χ1v) is 12.7. The molecule has 1 aromatic carbocycles. The third-order valence-electron chi connectivity index (χ3n) is 6.36. The van der Waals surface area contributed by atoms with Gasteiger partial charge in [0.05, 0.1) is 4.90 Å². The van der Waals surface area contributed by atoms with Crippen molar-refractivity contribution in [3.05, 3.63) is 41.8 Å². The molecule has 0 radical (unpaired) electrons. The number of likely N-dealkylation sites (tertiary alicyclic amines) is 1. The number of piperidine rings is 1. The summed E-state index contributed by atoms with van der Waals surface area (Å²) < 4.78 is 75.2. The van der Waals surface area contributed by atoms with Gasteiger partial charge in [-0.25, -0.2) is 8.42 Å². The minimum atomic E-state index is -4.92. The molecule has 2 heterocycles. The summed E-state index contributed by atoms with van der Waals surface area (Å²) >= 11 is 0. The first kappa shape index (κ1) is 23.2. The Morgan fingerprint density at radius 1 is 1.06 bits per heavy atom. The second-order valence-corrected chi connectivity index (χ2v) is 10.8. The number of halogens is 3. The zero-order valence-electron chi connectivity index (χ0n) is 18.2. The van der Waals surface area contributed by atoms with Gasteiger partial charge in [-0.05, 0) is 50.7 Å². The van der Waals surface area contributed by atoms with E-state index in [1.54, 1.807) is 11.0 Å². The third-order valence-corrected chi connectivity index (χ3v) is 8.36. The van der Waals surface area contributed by atoms with Crippen LogP contribution in [0.1, 0.15) is 60.7 Å². The van der Waals surface area contributed by atoms with E-state index in [9.17, 15) is 26.4 Å². The van der Waals surface area contributed by atoms with E-state index in [1.165, 1.54) is 16.4 Å². The predicted molar refractivity (Wildman–Crippen MR) is 113 cm³/mol. The van der Waals surface area contributed by atoms with Gasteiger partial charge in [-0.1, -0.05) is 11.2 Å². The molecule has 2 aliphatic carbocycles. The lowest BCUT2D eigenvalue weighted by Crippen LogP contribution is -2.49. The van der Waals surface area contributed by atoms with Crippen LogP contribution in [0.4, 0.5) is 13.2 Å². The molecule has 1 aromatic heterocycles. The highest BCUT2D eigenvalue weighted by atomic mass is 32.2. The SMILES string of the molecule is O=C(c1cc(C2CC2)on1)N1CCC(N(C2CC2)S(=O)(=O)c2cccc(OC(F)(F)F)c2)CC1. The lowest BCUT2D eigenvalue weighted by molar-refractivity contribution is -0.274. The van der Waals surface area contributed by atoms with Gasteiger partial charge >= 0.3 is 6.36 Å². The molecular formula is C22H24F3N3O5S. The van der Waals surface area contributed by atoms with E-state index in [1.807, 2.05) is 0 Å². The van der Waals surface area contributed by atoms with Crippen molar-refractivity contribution in [2.24, 2.45) is 0 Å². The Bertz CT molecular complexity index is 1170. The zero-order valence-corrected chi connectivity index (χ0v) is 19.0. The molecule has 1 aliphatic heterocycles. The van der Waals surface area contributed by atoms with Crippen LogP contribution in [0, 0.1) is 0 Å². The highest BCUT2D eigenvalue weighted by molar-refractivity contribution is 7.89. The zero-order chi connectivity index (χ0) is 24.1. The number of amides is 1. The number of carbonyl (C=O) groups is 1. The van der Waals surface area contributed by atoms with E-state index in [2.05, 4.69) is 9.89 Å². The van der Waals surface area contributed by atoms with E-state index in [0.29, 0.717) is 44.7 Å². The Hall–Kier alpha value is -2.60. The molecule has 3 aliphatic rings. The lowest BCUT2D eigenvalue weighted by atomic mass is 10.0. The molecule has 0 bridgehead atoms. The largest absolute Gasteiger partial charge is 0.573 e. The second-order valence-electron chi connectivity index (χ2n) is 9.00. The van der Waals surface area contributed by atoms with Crippen molar-refractivity contribution >= 4 is 15.9 Å². The van der Waals surface area contributed by atoms with Crippen molar-refractivity contribution in [3.8, 4) is 5.75 Å². The van der Waals surface area contributed by atoms with E-state index in [0.717, 1.165) is 30.7 Å². The fourth-order valence-corrected chi connectivity index (χ4v) is 6.37. The number of alkyl halides is 3. The lowest BCUT2D eigenvalue weighted by Gasteiger charge is -2.37. The topological polar surface area (TPSA) is 93.0 Å². The number of sulfonamides is 1. The Kier molecular flexibility index (Phi) is 5.83. The number of hydrogen-bond donors (Lipinski definition) is 0. The first-order chi connectivity index (χ1) is 16.1. The average molecular weight is 500 g/mol. The normalized spacial score (nSPS) is 20.1. The smallest absolute Gasteiger partial charge is 0.406 e. The molecule has 0 N–H and O–H groups in total. The molecule has 0 atom stereocenters. The molecule has 2 saturated carbocycles. The van der Waals surface area contributed by atoms with Crippen LogP contribution in [0.15, 0.2) is 39.8 Å². The fourth-order valence-electron chi connectivity index (χ4n) is 4.41. The standard InChI is InChI=1S/C22H24F3N3O5S/c23-22(24,25)32-17-2-1-3-18(12-17)34(30,31)28(15-6-7-15)16-8-10-27(11-9-16)21(29)19-13-20(33-26-19)14-4-5-14/h1-3,12-16H,4-11H2. The van der Waals surface area contributed by atoms with E-state index in [4.69, 9.17) is 4.52 Å². The van der Waals surface area contributed by atoms with Crippen LogP contribution in [-0.4, -0.2) is 60.2 Å². The molecule has 1 amide bonds. The summed E-state index contributed by atoms with van der Waals surface area (Å²) in [6, 6.07) is 5.61. The average Bonchev–Trinajstić information content (AvgIpc) is 3.72. The van der Waals surface area contributed by atoms with Crippen molar-refractivity contribution in [2.75, 3.05) is 13.1 Å². The number of rotatable bonds is 7. The van der Waals surface area contributed by atoms with E-state index < -0.39 is 22.1 Å². The summed E-state index contributed by atoms with van der Waals surface area (Å²) in [5, 5.41) is 3.89. The molecule has 5 rings (SSSR count). The van der Waals surface area contributed by atoms with Crippen LogP contribution in [0.25, 0.3) is 0 Å². The number of carbonyl (C=O) groups excluding carboxylic acids is 1. The van der Waals surface area contributed by atoms with Crippen LogP contribution in [0.2, 0.25) is 0 Å². The van der Waals surface area contributed by atoms with E-state index >= 15 is 0 Å². The maximum Gasteiger partial charge on any atom is 0.573 e. The molecule has 2 aromatic rings. The summed E-state index contributed by atoms with van der Waals surface area (Å²) in [5.74, 6) is 0.243. The number of nitrogens with zero attached hydrogens (tertiary/aromatic N) is 3. The molecule has 0 unspecified atom stereocenters. The van der Waals surface area contributed by atoms with E-state index in [-0.39, 0.29) is 28.6 Å². The van der Waals surface area contributed by atoms with Gasteiger partial charge in [0.2, 0.25) is 10.0 Å². The minimum absolute atomic E-state index is 0.193. The monoisotopic (exact) mass is 499 g/mol. The van der Waals surface area contributed by atoms with Gasteiger partial charge in [-0.15, -0.1) is 13.2 Å². The molecule has 0 spiro atoms. The molecule has 184 valence electrons. The molecule has 1 saturated heterocycles. The second kappa shape index (κ2) is 8.56.